The molecule has 1 fully saturated rings. The van der Waals surface area contributed by atoms with Gasteiger partial charge in [0.25, 0.3) is 0 Å². The molecule has 0 unspecified atom stereocenters. The molecule has 1 aromatic rings. The highest BCUT2D eigenvalue weighted by molar-refractivity contribution is 7.89. The van der Waals surface area contributed by atoms with Crippen LogP contribution in [0.3, 0.4) is 0 Å². The van der Waals surface area contributed by atoms with Gasteiger partial charge in [-0.25, -0.2) is 13.4 Å². The topological polar surface area (TPSA) is 70.5 Å². The predicted octanol–water partition coefficient (Wildman–Crippen LogP) is 2.31. The van der Waals surface area contributed by atoms with Crippen molar-refractivity contribution >= 4 is 33.2 Å². The maximum absolute atomic E-state index is 12.6. The van der Waals surface area contributed by atoms with Crippen LogP contribution in [0.2, 0.25) is 10.2 Å². The summed E-state index contributed by atoms with van der Waals surface area (Å²) in [6.45, 7) is -0.141. The molecule has 0 aromatic carbocycles. The van der Waals surface area contributed by atoms with Gasteiger partial charge in [-0.05, 0) is 18.9 Å². The lowest BCUT2D eigenvalue weighted by Crippen LogP contribution is -2.40. The first kappa shape index (κ1) is 16.0. The van der Waals surface area contributed by atoms with Crippen LogP contribution in [0.25, 0.3) is 0 Å². The Hall–Kier alpha value is -0.400. The van der Waals surface area contributed by atoms with Crippen LogP contribution in [-0.2, 0) is 10.0 Å². The number of rotatable bonds is 5. The summed E-state index contributed by atoms with van der Waals surface area (Å²) < 4.78 is 26.6. The Balaban J connectivity index is 2.36. The van der Waals surface area contributed by atoms with Crippen molar-refractivity contribution < 1.29 is 13.5 Å². The first-order valence-electron chi connectivity index (χ1n) is 6.40. The fourth-order valence-corrected chi connectivity index (χ4v) is 4.45. The van der Waals surface area contributed by atoms with Crippen LogP contribution in [0, 0.1) is 0 Å². The van der Waals surface area contributed by atoms with Gasteiger partial charge in [0.2, 0.25) is 10.0 Å². The molecule has 0 saturated heterocycles. The largest absolute Gasteiger partial charge is 0.395 e. The van der Waals surface area contributed by atoms with Crippen molar-refractivity contribution in [3.05, 3.63) is 22.4 Å². The average Bonchev–Trinajstić information content (AvgIpc) is 2.92. The molecule has 5 nitrogen and oxygen atoms in total. The van der Waals surface area contributed by atoms with E-state index in [1.54, 1.807) is 0 Å². The average molecular weight is 339 g/mol. The Bertz CT molecular complexity index is 574. The van der Waals surface area contributed by atoms with Crippen molar-refractivity contribution in [2.75, 3.05) is 13.2 Å². The molecule has 112 valence electrons. The monoisotopic (exact) mass is 338 g/mol. The van der Waals surface area contributed by atoms with Gasteiger partial charge >= 0.3 is 0 Å². The molecule has 2 rings (SSSR count). The highest BCUT2D eigenvalue weighted by Gasteiger charge is 2.33. The number of pyridine rings is 1. The highest BCUT2D eigenvalue weighted by Crippen LogP contribution is 2.30. The molecule has 1 saturated carbocycles. The zero-order chi connectivity index (χ0) is 14.8. The van der Waals surface area contributed by atoms with Gasteiger partial charge in [0.05, 0.1) is 11.6 Å². The summed E-state index contributed by atoms with van der Waals surface area (Å²) in [6, 6.07) is 1.23. The van der Waals surface area contributed by atoms with Crippen molar-refractivity contribution in [3.8, 4) is 0 Å². The van der Waals surface area contributed by atoms with E-state index in [1.165, 1.54) is 16.6 Å². The molecule has 0 bridgehead atoms. The number of aliphatic hydroxyl groups excluding tert-OH is 1. The molecule has 0 amide bonds. The van der Waals surface area contributed by atoms with Crippen LogP contribution in [0.4, 0.5) is 0 Å². The molecule has 0 radical (unpaired) electrons. The zero-order valence-electron chi connectivity index (χ0n) is 10.8. The number of hydrogen-bond acceptors (Lipinski definition) is 4. The minimum atomic E-state index is -3.72. The molecule has 1 aliphatic rings. The summed E-state index contributed by atoms with van der Waals surface area (Å²) in [5.74, 6) is 0. The molecule has 0 aliphatic heterocycles. The van der Waals surface area contributed by atoms with Gasteiger partial charge in [-0.2, -0.15) is 4.31 Å². The van der Waals surface area contributed by atoms with Gasteiger partial charge in [-0.15, -0.1) is 0 Å². The number of nitrogens with zero attached hydrogens (tertiary/aromatic N) is 2. The molecular weight excluding hydrogens is 323 g/mol. The number of sulfonamides is 1. The molecule has 1 heterocycles. The first-order valence-corrected chi connectivity index (χ1v) is 8.60. The van der Waals surface area contributed by atoms with Gasteiger partial charge in [0.15, 0.2) is 0 Å². The minimum absolute atomic E-state index is 0.00671. The molecule has 1 aliphatic carbocycles. The van der Waals surface area contributed by atoms with Crippen molar-refractivity contribution in [1.29, 1.82) is 0 Å². The Morgan fingerprint density at radius 1 is 1.35 bits per heavy atom. The lowest BCUT2D eigenvalue weighted by Gasteiger charge is -2.27. The Morgan fingerprint density at radius 3 is 2.55 bits per heavy atom. The molecule has 1 aromatic heterocycles. The highest BCUT2D eigenvalue weighted by atomic mass is 35.5. The minimum Gasteiger partial charge on any atom is -0.395 e. The fourth-order valence-electron chi connectivity index (χ4n) is 2.47. The summed E-state index contributed by atoms with van der Waals surface area (Å²) >= 11 is 11.5. The van der Waals surface area contributed by atoms with Gasteiger partial charge in [-0.1, -0.05) is 36.0 Å². The van der Waals surface area contributed by atoms with E-state index in [0.29, 0.717) is 0 Å². The van der Waals surface area contributed by atoms with Crippen molar-refractivity contribution in [1.82, 2.24) is 9.29 Å². The van der Waals surface area contributed by atoms with Crippen LogP contribution in [0.1, 0.15) is 25.7 Å². The lowest BCUT2D eigenvalue weighted by atomic mass is 10.2. The van der Waals surface area contributed by atoms with Crippen LogP contribution < -0.4 is 0 Å². The molecule has 8 heteroatoms. The number of hydrogen-bond donors (Lipinski definition) is 1. The van der Waals surface area contributed by atoms with Gasteiger partial charge < -0.3 is 5.11 Å². The standard InChI is InChI=1S/C12H16Cl2N2O3S/c13-11-7-10(8-15-12(11)14)20(18,19)16(5-6-17)9-3-1-2-4-9/h7-9,17H,1-6H2. The number of aliphatic hydroxyl groups is 1. The van der Waals surface area contributed by atoms with E-state index in [4.69, 9.17) is 28.3 Å². The second-order valence-corrected chi connectivity index (χ2v) is 7.38. The van der Waals surface area contributed by atoms with E-state index in [-0.39, 0.29) is 34.3 Å². The smallest absolute Gasteiger partial charge is 0.244 e. The summed E-state index contributed by atoms with van der Waals surface area (Å²) in [5, 5.41) is 9.31. The summed E-state index contributed by atoms with van der Waals surface area (Å²) in [5.41, 5.74) is 0. The predicted molar refractivity (Wildman–Crippen MR) is 77.5 cm³/mol. The second-order valence-electron chi connectivity index (χ2n) is 4.72. The molecule has 20 heavy (non-hydrogen) atoms. The van der Waals surface area contributed by atoms with Gasteiger partial charge in [0.1, 0.15) is 10.0 Å². The third-order valence-corrected chi connectivity index (χ3v) is 6.03. The molecule has 1 N–H and O–H groups in total. The van der Waals surface area contributed by atoms with E-state index in [1.807, 2.05) is 0 Å². The number of halogens is 2. The normalized spacial score (nSPS) is 17.0. The van der Waals surface area contributed by atoms with Crippen molar-refractivity contribution in [2.24, 2.45) is 0 Å². The second kappa shape index (κ2) is 6.58. The fraction of sp³-hybridized carbons (Fsp3) is 0.583. The summed E-state index contributed by atoms with van der Waals surface area (Å²) in [7, 11) is -3.72. The summed E-state index contributed by atoms with van der Waals surface area (Å²) in [6.07, 6.45) is 4.83. The summed E-state index contributed by atoms with van der Waals surface area (Å²) in [4.78, 5) is 3.79. The van der Waals surface area contributed by atoms with E-state index < -0.39 is 10.0 Å². The van der Waals surface area contributed by atoms with Gasteiger partial charge in [-0.3, -0.25) is 0 Å². The molecule has 0 atom stereocenters. The van der Waals surface area contributed by atoms with Crippen molar-refractivity contribution in [3.63, 3.8) is 0 Å². The Kier molecular flexibility index (Phi) is 5.25. The third kappa shape index (κ3) is 3.26. The maximum atomic E-state index is 12.6. The molecule has 0 spiro atoms. The Morgan fingerprint density at radius 2 is 2.00 bits per heavy atom. The molecular formula is C12H16Cl2N2O3S. The number of aromatic nitrogens is 1. The van der Waals surface area contributed by atoms with E-state index in [9.17, 15) is 8.42 Å². The van der Waals surface area contributed by atoms with E-state index in [2.05, 4.69) is 4.98 Å². The van der Waals surface area contributed by atoms with Crippen LogP contribution >= 0.6 is 23.2 Å². The van der Waals surface area contributed by atoms with E-state index >= 15 is 0 Å². The van der Waals surface area contributed by atoms with E-state index in [0.717, 1.165) is 25.7 Å². The lowest BCUT2D eigenvalue weighted by molar-refractivity contribution is 0.226. The third-order valence-electron chi connectivity index (χ3n) is 3.43. The maximum Gasteiger partial charge on any atom is 0.244 e. The van der Waals surface area contributed by atoms with Crippen LogP contribution in [0.5, 0.6) is 0 Å². The quantitative estimate of drug-likeness (QED) is 0.836. The SMILES string of the molecule is O=S(=O)(c1cnc(Cl)c(Cl)c1)N(CCO)C1CCCC1. The first-order chi connectivity index (χ1) is 9.46. The zero-order valence-corrected chi connectivity index (χ0v) is 13.1. The van der Waals surface area contributed by atoms with Gasteiger partial charge in [0, 0.05) is 18.8 Å². The van der Waals surface area contributed by atoms with Crippen LogP contribution in [0.15, 0.2) is 17.2 Å². The van der Waals surface area contributed by atoms with Crippen LogP contribution in [-0.4, -0.2) is 42.0 Å². The Labute approximate surface area is 128 Å². The van der Waals surface area contributed by atoms with Crippen molar-refractivity contribution in [2.45, 2.75) is 36.6 Å².